The number of carbonyl (C=O) groups excluding carboxylic acids is 2. The minimum Gasteiger partial charge on any atom is -0.457 e. The number of benzene rings is 2. The summed E-state index contributed by atoms with van der Waals surface area (Å²) in [5, 5.41) is 0. The van der Waals surface area contributed by atoms with Gasteiger partial charge in [0.2, 0.25) is 0 Å². The minimum absolute atomic E-state index is 0.227. The highest BCUT2D eigenvalue weighted by atomic mass is 16.5. The monoisotopic (exact) mass is 312 g/mol. The summed E-state index contributed by atoms with van der Waals surface area (Å²) in [6.07, 6.45) is 0.362. The molecule has 0 fully saturated rings. The van der Waals surface area contributed by atoms with Crippen molar-refractivity contribution in [2.45, 2.75) is 26.9 Å². The van der Waals surface area contributed by atoms with Crippen LogP contribution in [0.25, 0.3) is 0 Å². The molecule has 4 nitrogen and oxygen atoms in total. The van der Waals surface area contributed by atoms with Gasteiger partial charge in [0.15, 0.2) is 0 Å². The summed E-state index contributed by atoms with van der Waals surface area (Å²) in [5.74, 6) is -0.0155. The lowest BCUT2D eigenvalue weighted by atomic mass is 10.1. The first-order valence-electron chi connectivity index (χ1n) is 7.56. The third kappa shape index (κ3) is 5.58. The SMILES string of the molecule is CC(C)CC(=O)Oc1ccc(C(=O)OCc2ccccc2)cc1. The smallest absolute Gasteiger partial charge is 0.338 e. The Labute approximate surface area is 136 Å². The van der Waals surface area contributed by atoms with Crippen molar-refractivity contribution in [2.24, 2.45) is 5.92 Å². The quantitative estimate of drug-likeness (QED) is 0.597. The molecule has 0 aromatic heterocycles. The van der Waals surface area contributed by atoms with Gasteiger partial charge in [0.05, 0.1) is 5.56 Å². The number of hydrogen-bond donors (Lipinski definition) is 0. The van der Waals surface area contributed by atoms with Crippen LogP contribution in [-0.2, 0) is 16.1 Å². The van der Waals surface area contributed by atoms with Crippen LogP contribution in [0.1, 0.15) is 36.2 Å². The molecule has 120 valence electrons. The van der Waals surface area contributed by atoms with E-state index in [0.29, 0.717) is 17.7 Å². The Morgan fingerprint density at radius 3 is 2.22 bits per heavy atom. The molecule has 0 saturated carbocycles. The molecule has 0 bridgehead atoms. The first-order valence-corrected chi connectivity index (χ1v) is 7.56. The van der Waals surface area contributed by atoms with E-state index in [-0.39, 0.29) is 18.5 Å². The highest BCUT2D eigenvalue weighted by molar-refractivity contribution is 5.89. The van der Waals surface area contributed by atoms with E-state index in [4.69, 9.17) is 9.47 Å². The number of carbonyl (C=O) groups is 2. The predicted molar refractivity (Wildman–Crippen MR) is 87.1 cm³/mol. The second-order valence-electron chi connectivity index (χ2n) is 5.66. The summed E-state index contributed by atoms with van der Waals surface area (Å²) < 4.78 is 10.4. The molecule has 0 amide bonds. The third-order valence-corrected chi connectivity index (χ3v) is 3.11. The molecule has 0 radical (unpaired) electrons. The van der Waals surface area contributed by atoms with Gasteiger partial charge in [0, 0.05) is 6.42 Å². The molecular weight excluding hydrogens is 292 g/mol. The molecular formula is C19H20O4. The van der Waals surface area contributed by atoms with E-state index in [2.05, 4.69) is 0 Å². The lowest BCUT2D eigenvalue weighted by Crippen LogP contribution is -2.11. The van der Waals surface area contributed by atoms with Gasteiger partial charge in [-0.2, -0.15) is 0 Å². The molecule has 0 aliphatic heterocycles. The zero-order valence-corrected chi connectivity index (χ0v) is 13.3. The third-order valence-electron chi connectivity index (χ3n) is 3.11. The number of ether oxygens (including phenoxy) is 2. The van der Waals surface area contributed by atoms with E-state index in [0.717, 1.165) is 5.56 Å². The Hall–Kier alpha value is -2.62. The number of rotatable bonds is 6. The standard InChI is InChI=1S/C19H20O4/c1-14(2)12-18(20)23-17-10-8-16(9-11-17)19(21)22-13-15-6-4-3-5-7-15/h3-11,14H,12-13H2,1-2H3. The lowest BCUT2D eigenvalue weighted by Gasteiger charge is -2.07. The van der Waals surface area contributed by atoms with Crippen molar-refractivity contribution in [1.29, 1.82) is 0 Å². The molecule has 0 heterocycles. The average Bonchev–Trinajstić information content (AvgIpc) is 2.53. The average molecular weight is 312 g/mol. The van der Waals surface area contributed by atoms with Gasteiger partial charge in [-0.05, 0) is 35.7 Å². The van der Waals surface area contributed by atoms with Crippen molar-refractivity contribution in [2.75, 3.05) is 0 Å². The number of esters is 2. The highest BCUT2D eigenvalue weighted by Crippen LogP contribution is 2.15. The Morgan fingerprint density at radius 2 is 1.61 bits per heavy atom. The molecule has 2 aromatic rings. The highest BCUT2D eigenvalue weighted by Gasteiger charge is 2.10. The van der Waals surface area contributed by atoms with Crippen LogP contribution in [0.5, 0.6) is 5.75 Å². The van der Waals surface area contributed by atoms with E-state index < -0.39 is 5.97 Å². The summed E-state index contributed by atoms with van der Waals surface area (Å²) in [7, 11) is 0. The molecule has 0 aliphatic rings. The van der Waals surface area contributed by atoms with Crippen LogP contribution in [0, 0.1) is 5.92 Å². The van der Waals surface area contributed by atoms with Gasteiger partial charge in [-0.3, -0.25) is 4.79 Å². The zero-order chi connectivity index (χ0) is 16.7. The first kappa shape index (κ1) is 16.7. The van der Waals surface area contributed by atoms with Crippen LogP contribution in [0.2, 0.25) is 0 Å². The summed E-state index contributed by atoms with van der Waals surface area (Å²) in [5.41, 5.74) is 1.35. The van der Waals surface area contributed by atoms with Crippen molar-refractivity contribution >= 4 is 11.9 Å². The fourth-order valence-corrected chi connectivity index (χ4v) is 1.97. The summed E-state index contributed by atoms with van der Waals surface area (Å²) in [4.78, 5) is 23.6. The molecule has 23 heavy (non-hydrogen) atoms. The van der Waals surface area contributed by atoms with Gasteiger partial charge in [-0.15, -0.1) is 0 Å². The van der Waals surface area contributed by atoms with Crippen LogP contribution in [-0.4, -0.2) is 11.9 Å². The maximum absolute atomic E-state index is 12.0. The molecule has 0 saturated heterocycles. The zero-order valence-electron chi connectivity index (χ0n) is 13.3. The van der Waals surface area contributed by atoms with Crippen LogP contribution in [0.15, 0.2) is 54.6 Å². The van der Waals surface area contributed by atoms with Crippen molar-refractivity contribution in [3.63, 3.8) is 0 Å². The van der Waals surface area contributed by atoms with Crippen molar-refractivity contribution in [3.8, 4) is 5.75 Å². The molecule has 4 heteroatoms. The van der Waals surface area contributed by atoms with Gasteiger partial charge < -0.3 is 9.47 Å². The first-order chi connectivity index (χ1) is 11.0. The van der Waals surface area contributed by atoms with Crippen molar-refractivity contribution in [1.82, 2.24) is 0 Å². The Morgan fingerprint density at radius 1 is 0.957 bits per heavy atom. The van der Waals surface area contributed by atoms with E-state index in [1.807, 2.05) is 44.2 Å². The van der Waals surface area contributed by atoms with E-state index >= 15 is 0 Å². The number of hydrogen-bond acceptors (Lipinski definition) is 4. The maximum Gasteiger partial charge on any atom is 0.338 e. The molecule has 0 N–H and O–H groups in total. The summed E-state index contributed by atoms with van der Waals surface area (Å²) >= 11 is 0. The Balaban J connectivity index is 1.88. The van der Waals surface area contributed by atoms with E-state index in [1.54, 1.807) is 24.3 Å². The molecule has 2 rings (SSSR count). The second kappa shape index (κ2) is 8.13. The van der Waals surface area contributed by atoms with Gasteiger partial charge in [-0.25, -0.2) is 4.79 Å². The Kier molecular flexibility index (Phi) is 5.92. The lowest BCUT2D eigenvalue weighted by molar-refractivity contribution is -0.135. The normalized spacial score (nSPS) is 10.4. The maximum atomic E-state index is 12.0. The summed E-state index contributed by atoms with van der Waals surface area (Å²) in [6.45, 7) is 4.13. The van der Waals surface area contributed by atoms with E-state index in [9.17, 15) is 9.59 Å². The van der Waals surface area contributed by atoms with Gasteiger partial charge in [0.1, 0.15) is 12.4 Å². The molecule has 0 spiro atoms. The summed E-state index contributed by atoms with van der Waals surface area (Å²) in [6, 6.07) is 15.8. The topological polar surface area (TPSA) is 52.6 Å². The second-order valence-corrected chi connectivity index (χ2v) is 5.66. The molecule has 0 aliphatic carbocycles. The van der Waals surface area contributed by atoms with Crippen LogP contribution >= 0.6 is 0 Å². The largest absolute Gasteiger partial charge is 0.457 e. The van der Waals surface area contributed by atoms with Crippen LogP contribution in [0.4, 0.5) is 0 Å². The fourth-order valence-electron chi connectivity index (χ4n) is 1.97. The van der Waals surface area contributed by atoms with Crippen LogP contribution in [0.3, 0.4) is 0 Å². The molecule has 0 atom stereocenters. The minimum atomic E-state index is -0.408. The molecule has 0 unspecified atom stereocenters. The van der Waals surface area contributed by atoms with Gasteiger partial charge >= 0.3 is 11.9 Å². The van der Waals surface area contributed by atoms with Crippen molar-refractivity contribution < 1.29 is 19.1 Å². The Bertz CT molecular complexity index is 645. The van der Waals surface area contributed by atoms with Crippen LogP contribution < -0.4 is 4.74 Å². The van der Waals surface area contributed by atoms with Gasteiger partial charge in [0.25, 0.3) is 0 Å². The predicted octanol–water partition coefficient (Wildman–Crippen LogP) is 4.00. The van der Waals surface area contributed by atoms with E-state index in [1.165, 1.54) is 0 Å². The molecule has 2 aromatic carbocycles. The fraction of sp³-hybridized carbons (Fsp3) is 0.263. The van der Waals surface area contributed by atoms with Crippen molar-refractivity contribution in [3.05, 3.63) is 65.7 Å². The van der Waals surface area contributed by atoms with Gasteiger partial charge in [-0.1, -0.05) is 44.2 Å².